The second kappa shape index (κ2) is 10.4. The number of ether oxygens (including phenoxy) is 2. The lowest BCUT2D eigenvalue weighted by Crippen LogP contribution is -2.68. The molecule has 2 bridgehead atoms. The summed E-state index contributed by atoms with van der Waals surface area (Å²) in [5.74, 6) is -1.15. The van der Waals surface area contributed by atoms with Crippen molar-refractivity contribution in [3.63, 3.8) is 0 Å². The molecule has 0 aromatic rings. The van der Waals surface area contributed by atoms with Gasteiger partial charge in [-0.1, -0.05) is 33.3 Å². The quantitative estimate of drug-likeness (QED) is 0.151. The molecular formula is C31H50O6Si. The van der Waals surface area contributed by atoms with E-state index in [1.165, 1.54) is 12.3 Å². The molecule has 0 N–H and O–H groups in total. The SMILES string of the molecule is CC(=O)C[C@@H]1C(=O)[C@]2(O[Si](C)(C)C(C)(C)C)COC(C)(C)C3CC[C@@](C)(CC32)[C@H]1/C=C/OC(=O)C=C(C)C. The number of hydrogen-bond donors (Lipinski definition) is 0. The predicted octanol–water partition coefficient (Wildman–Crippen LogP) is 6.80. The van der Waals surface area contributed by atoms with E-state index >= 15 is 0 Å². The molecular weight excluding hydrogens is 496 g/mol. The molecule has 6 atom stereocenters. The summed E-state index contributed by atoms with van der Waals surface area (Å²) in [4.78, 5) is 39.7. The van der Waals surface area contributed by atoms with E-state index in [4.69, 9.17) is 13.9 Å². The Hall–Kier alpha value is -1.57. The van der Waals surface area contributed by atoms with Crippen LogP contribution in [0.4, 0.5) is 0 Å². The van der Waals surface area contributed by atoms with E-state index in [2.05, 4.69) is 54.6 Å². The van der Waals surface area contributed by atoms with Gasteiger partial charge in [0.25, 0.3) is 0 Å². The van der Waals surface area contributed by atoms with E-state index in [9.17, 15) is 14.4 Å². The Kier molecular flexibility index (Phi) is 8.50. The summed E-state index contributed by atoms with van der Waals surface area (Å²) in [6, 6.07) is 0. The van der Waals surface area contributed by atoms with Crippen LogP contribution in [0.1, 0.15) is 88.0 Å². The van der Waals surface area contributed by atoms with Crippen LogP contribution >= 0.6 is 0 Å². The normalized spacial score (nSPS) is 35.0. The first kappa shape index (κ1) is 31.0. The van der Waals surface area contributed by atoms with Crippen molar-refractivity contribution in [2.45, 2.75) is 117 Å². The van der Waals surface area contributed by atoms with Crippen molar-refractivity contribution < 1.29 is 28.3 Å². The van der Waals surface area contributed by atoms with Crippen LogP contribution in [0.15, 0.2) is 24.0 Å². The van der Waals surface area contributed by atoms with E-state index < -0.39 is 25.8 Å². The number of carbonyl (C=O) groups is 3. The van der Waals surface area contributed by atoms with Gasteiger partial charge in [0.05, 0.1) is 18.5 Å². The third-order valence-electron chi connectivity index (χ3n) is 9.97. The molecule has 1 saturated heterocycles. The van der Waals surface area contributed by atoms with E-state index in [1.54, 1.807) is 6.92 Å². The van der Waals surface area contributed by atoms with Crippen LogP contribution < -0.4 is 0 Å². The Morgan fingerprint density at radius 3 is 2.29 bits per heavy atom. The standard InChI is InChI=1S/C31H50O6Si/c1-20(2)16-26(33)35-15-13-23-22(17-21(3)32)27(34)31(37-38(10,11)28(4,5)6)19-36-29(7,8)24-12-14-30(23,9)18-25(24)31/h13,15-16,22-25H,12,14,17-19H2,1-11H3/b15-13+/t22-,23-,24?,25?,30-,31-/m0/s1. The molecule has 38 heavy (non-hydrogen) atoms. The first-order valence-electron chi connectivity index (χ1n) is 14.2. The number of allylic oxidation sites excluding steroid dienone is 2. The summed E-state index contributed by atoms with van der Waals surface area (Å²) in [5.41, 5.74) is -0.850. The van der Waals surface area contributed by atoms with Gasteiger partial charge in [-0.2, -0.15) is 0 Å². The summed E-state index contributed by atoms with van der Waals surface area (Å²) in [7, 11) is -2.40. The van der Waals surface area contributed by atoms with Gasteiger partial charge in [0.2, 0.25) is 0 Å². The minimum absolute atomic E-state index is 0.00675. The lowest BCUT2D eigenvalue weighted by atomic mass is 9.55. The molecule has 3 aliphatic rings. The molecule has 2 unspecified atom stereocenters. The number of fused-ring (bicyclic) bond motifs is 1. The van der Waals surface area contributed by atoms with Crippen molar-refractivity contribution >= 4 is 25.9 Å². The van der Waals surface area contributed by atoms with Crippen LogP contribution in [0.5, 0.6) is 0 Å². The highest BCUT2D eigenvalue weighted by Gasteiger charge is 2.67. The average Bonchev–Trinajstić information content (AvgIpc) is 2.80. The first-order valence-corrected chi connectivity index (χ1v) is 17.1. The maximum absolute atomic E-state index is 14.9. The van der Waals surface area contributed by atoms with Crippen molar-refractivity contribution in [2.24, 2.45) is 29.1 Å². The van der Waals surface area contributed by atoms with Gasteiger partial charge in [-0.3, -0.25) is 4.79 Å². The Bertz CT molecular complexity index is 1010. The van der Waals surface area contributed by atoms with Gasteiger partial charge < -0.3 is 18.7 Å². The van der Waals surface area contributed by atoms with E-state index in [0.29, 0.717) is 0 Å². The average molecular weight is 547 g/mol. The maximum atomic E-state index is 14.9. The van der Waals surface area contributed by atoms with Gasteiger partial charge in [-0.15, -0.1) is 0 Å². The van der Waals surface area contributed by atoms with E-state index in [-0.39, 0.29) is 58.4 Å². The molecule has 3 rings (SSSR count). The molecule has 1 aliphatic heterocycles. The Morgan fingerprint density at radius 2 is 1.74 bits per heavy atom. The molecule has 0 aromatic heterocycles. The number of hydrogen-bond acceptors (Lipinski definition) is 6. The molecule has 0 spiro atoms. The van der Waals surface area contributed by atoms with Crippen LogP contribution in [-0.4, -0.2) is 43.7 Å². The highest BCUT2D eigenvalue weighted by molar-refractivity contribution is 6.74. The number of carbonyl (C=O) groups excluding carboxylic acids is 3. The fourth-order valence-corrected chi connectivity index (χ4v) is 8.43. The molecule has 0 aromatic carbocycles. The summed E-state index contributed by atoms with van der Waals surface area (Å²) in [5, 5.41) is -0.0940. The fraction of sp³-hybridized carbons (Fsp3) is 0.774. The van der Waals surface area contributed by atoms with Gasteiger partial charge in [0.15, 0.2) is 14.1 Å². The highest BCUT2D eigenvalue weighted by Crippen LogP contribution is 2.62. The van der Waals surface area contributed by atoms with Gasteiger partial charge in [0.1, 0.15) is 11.4 Å². The monoisotopic (exact) mass is 546 g/mol. The Morgan fingerprint density at radius 1 is 1.11 bits per heavy atom. The Labute approximate surface area is 231 Å². The van der Waals surface area contributed by atoms with Gasteiger partial charge in [-0.05, 0) is 95.3 Å². The molecule has 0 amide bonds. The molecule has 214 valence electrons. The number of esters is 1. The molecule has 2 saturated carbocycles. The Balaban J connectivity index is 2.17. The topological polar surface area (TPSA) is 78.9 Å². The number of ketones is 2. The smallest absolute Gasteiger partial charge is 0.335 e. The molecule has 2 aliphatic carbocycles. The van der Waals surface area contributed by atoms with Gasteiger partial charge in [0, 0.05) is 24.3 Å². The first-order chi connectivity index (χ1) is 17.3. The third kappa shape index (κ3) is 5.80. The number of rotatable bonds is 7. The minimum Gasteiger partial charge on any atom is -0.432 e. The summed E-state index contributed by atoms with van der Waals surface area (Å²) < 4.78 is 19.1. The van der Waals surface area contributed by atoms with Crippen molar-refractivity contribution in [1.82, 2.24) is 0 Å². The van der Waals surface area contributed by atoms with E-state index in [0.717, 1.165) is 24.8 Å². The highest BCUT2D eigenvalue weighted by atomic mass is 28.4. The molecule has 7 heteroatoms. The molecule has 1 heterocycles. The molecule has 0 radical (unpaired) electrons. The van der Waals surface area contributed by atoms with Crippen LogP contribution in [0, 0.1) is 29.1 Å². The largest absolute Gasteiger partial charge is 0.432 e. The van der Waals surface area contributed by atoms with Crippen LogP contribution in [0.2, 0.25) is 18.1 Å². The molecule has 3 fully saturated rings. The summed E-state index contributed by atoms with van der Waals surface area (Å²) in [6.07, 6.45) is 7.49. The zero-order valence-corrected chi connectivity index (χ0v) is 26.5. The number of Topliss-reactive ketones (excluding diaryl/α,β-unsaturated/α-hetero) is 2. The van der Waals surface area contributed by atoms with Crippen LogP contribution in [-0.2, 0) is 28.3 Å². The second-order valence-electron chi connectivity index (χ2n) is 14.6. The zero-order chi connectivity index (χ0) is 28.9. The summed E-state index contributed by atoms with van der Waals surface area (Å²) in [6.45, 7) is 22.9. The van der Waals surface area contributed by atoms with Crippen molar-refractivity contribution in [2.75, 3.05) is 6.61 Å². The predicted molar refractivity (Wildman–Crippen MR) is 152 cm³/mol. The van der Waals surface area contributed by atoms with Gasteiger partial charge >= 0.3 is 5.97 Å². The van der Waals surface area contributed by atoms with E-state index in [1.807, 2.05) is 19.9 Å². The zero-order valence-electron chi connectivity index (χ0n) is 25.5. The maximum Gasteiger partial charge on any atom is 0.335 e. The van der Waals surface area contributed by atoms with Crippen molar-refractivity contribution in [1.29, 1.82) is 0 Å². The van der Waals surface area contributed by atoms with Gasteiger partial charge in [-0.25, -0.2) is 4.79 Å². The molecule has 6 nitrogen and oxygen atoms in total. The third-order valence-corrected chi connectivity index (χ3v) is 14.5. The lowest BCUT2D eigenvalue weighted by molar-refractivity contribution is -0.225. The lowest BCUT2D eigenvalue weighted by Gasteiger charge is -2.59. The van der Waals surface area contributed by atoms with Crippen molar-refractivity contribution in [3.8, 4) is 0 Å². The minimum atomic E-state index is -2.40. The fourth-order valence-electron chi connectivity index (χ4n) is 6.90. The van der Waals surface area contributed by atoms with Crippen LogP contribution in [0.3, 0.4) is 0 Å². The second-order valence-corrected chi connectivity index (χ2v) is 19.4. The van der Waals surface area contributed by atoms with Crippen molar-refractivity contribution in [3.05, 3.63) is 24.0 Å². The van der Waals surface area contributed by atoms with Crippen LogP contribution in [0.25, 0.3) is 0 Å². The summed E-state index contributed by atoms with van der Waals surface area (Å²) >= 11 is 0.